The highest BCUT2D eigenvalue weighted by molar-refractivity contribution is 7.98. The van der Waals surface area contributed by atoms with Crippen molar-refractivity contribution in [3.05, 3.63) is 69.5 Å². The van der Waals surface area contributed by atoms with Crippen molar-refractivity contribution >= 4 is 35.0 Å². The minimum Gasteiger partial charge on any atom is -0.497 e. The van der Waals surface area contributed by atoms with Crippen LogP contribution in [0.15, 0.2) is 52.1 Å². The number of halogens is 2. The van der Waals surface area contributed by atoms with E-state index in [1.807, 2.05) is 36.4 Å². The number of hydrogen-bond acceptors (Lipinski definition) is 5. The summed E-state index contributed by atoms with van der Waals surface area (Å²) in [5.74, 6) is 2.00. The Morgan fingerprint density at radius 1 is 1.12 bits per heavy atom. The van der Waals surface area contributed by atoms with Gasteiger partial charge in [0, 0.05) is 15.8 Å². The summed E-state index contributed by atoms with van der Waals surface area (Å²) >= 11 is 13.5. The van der Waals surface area contributed by atoms with E-state index in [4.69, 9.17) is 32.4 Å². The van der Waals surface area contributed by atoms with E-state index in [9.17, 15) is 0 Å². The van der Waals surface area contributed by atoms with Gasteiger partial charge in [0.05, 0.1) is 13.5 Å². The number of methoxy groups -OCH3 is 1. The molecule has 24 heavy (non-hydrogen) atoms. The van der Waals surface area contributed by atoms with Crippen LogP contribution >= 0.6 is 35.0 Å². The molecule has 0 fully saturated rings. The Kier molecular flexibility index (Phi) is 5.66. The molecule has 3 aromatic rings. The smallest absolute Gasteiger partial charge is 0.276 e. The highest BCUT2D eigenvalue weighted by Gasteiger charge is 2.10. The van der Waals surface area contributed by atoms with Crippen LogP contribution in [0.25, 0.3) is 0 Å². The lowest BCUT2D eigenvalue weighted by Gasteiger charge is -2.02. The van der Waals surface area contributed by atoms with E-state index in [0.29, 0.717) is 33.3 Å². The molecule has 0 saturated carbocycles. The molecule has 124 valence electrons. The van der Waals surface area contributed by atoms with Crippen molar-refractivity contribution in [3.63, 3.8) is 0 Å². The topological polar surface area (TPSA) is 48.2 Å². The van der Waals surface area contributed by atoms with Crippen molar-refractivity contribution in [1.29, 1.82) is 0 Å². The molecule has 1 aromatic heterocycles. The van der Waals surface area contributed by atoms with Gasteiger partial charge in [-0.1, -0.05) is 53.2 Å². The highest BCUT2D eigenvalue weighted by Crippen LogP contribution is 2.28. The fraction of sp³-hybridized carbons (Fsp3) is 0.176. The summed E-state index contributed by atoms with van der Waals surface area (Å²) in [7, 11) is 1.64. The Balaban J connectivity index is 1.62. The van der Waals surface area contributed by atoms with Crippen LogP contribution in [0, 0.1) is 0 Å². The molecule has 0 bridgehead atoms. The summed E-state index contributed by atoms with van der Waals surface area (Å²) < 4.78 is 10.9. The first-order valence-corrected chi connectivity index (χ1v) is 8.90. The van der Waals surface area contributed by atoms with Crippen LogP contribution in [0.4, 0.5) is 0 Å². The van der Waals surface area contributed by atoms with Gasteiger partial charge >= 0.3 is 0 Å². The Morgan fingerprint density at radius 2 is 2.00 bits per heavy atom. The zero-order valence-electron chi connectivity index (χ0n) is 12.8. The van der Waals surface area contributed by atoms with E-state index in [1.54, 1.807) is 13.2 Å². The predicted octanol–water partition coefficient (Wildman–Crippen LogP) is 5.27. The van der Waals surface area contributed by atoms with Gasteiger partial charge in [-0.05, 0) is 35.4 Å². The summed E-state index contributed by atoms with van der Waals surface area (Å²) in [6.07, 6.45) is 0.562. The molecule has 0 radical (unpaired) electrons. The summed E-state index contributed by atoms with van der Waals surface area (Å²) in [5.41, 5.74) is 2.02. The minimum atomic E-state index is 0.513. The number of ether oxygens (including phenoxy) is 1. The molecular weight excluding hydrogens is 367 g/mol. The molecule has 0 spiro atoms. The fourth-order valence-corrected chi connectivity index (χ4v) is 3.44. The maximum atomic E-state index is 6.16. The summed E-state index contributed by atoms with van der Waals surface area (Å²) in [6.45, 7) is 0. The second-order valence-electron chi connectivity index (χ2n) is 5.01. The normalized spacial score (nSPS) is 10.8. The van der Waals surface area contributed by atoms with Crippen molar-refractivity contribution in [3.8, 4) is 5.75 Å². The molecule has 3 rings (SSSR count). The van der Waals surface area contributed by atoms with Gasteiger partial charge in [-0.3, -0.25) is 0 Å². The van der Waals surface area contributed by atoms with E-state index < -0.39 is 0 Å². The zero-order valence-corrected chi connectivity index (χ0v) is 15.2. The average Bonchev–Trinajstić information content (AvgIpc) is 3.01. The van der Waals surface area contributed by atoms with Gasteiger partial charge in [-0.2, -0.15) is 0 Å². The standard InChI is InChI=1S/C17H14Cl2N2O2S/c1-22-14-4-2-3-11(7-14)8-16-20-21-17(23-16)24-10-12-5-6-13(18)9-15(12)19/h2-7,9H,8,10H2,1H3. The summed E-state index contributed by atoms with van der Waals surface area (Å²) in [6, 6.07) is 13.2. The Bertz CT molecular complexity index is 839. The molecule has 4 nitrogen and oxygen atoms in total. The average molecular weight is 381 g/mol. The van der Waals surface area contributed by atoms with Crippen molar-refractivity contribution in [2.75, 3.05) is 7.11 Å². The van der Waals surface area contributed by atoms with E-state index in [0.717, 1.165) is 16.9 Å². The van der Waals surface area contributed by atoms with Gasteiger partial charge in [-0.25, -0.2) is 0 Å². The third-order valence-corrected chi connectivity index (χ3v) is 4.76. The molecule has 0 aliphatic rings. The Hall–Kier alpha value is -1.69. The molecule has 1 heterocycles. The SMILES string of the molecule is COc1cccc(Cc2nnc(SCc3ccc(Cl)cc3Cl)o2)c1. The lowest BCUT2D eigenvalue weighted by Crippen LogP contribution is -1.90. The third-order valence-electron chi connectivity index (χ3n) is 3.30. The van der Waals surface area contributed by atoms with Gasteiger partial charge < -0.3 is 9.15 Å². The second kappa shape index (κ2) is 7.92. The molecule has 0 unspecified atom stereocenters. The van der Waals surface area contributed by atoms with Gasteiger partial charge in [0.1, 0.15) is 5.75 Å². The molecule has 0 saturated heterocycles. The molecule has 7 heteroatoms. The van der Waals surface area contributed by atoms with Crippen LogP contribution in [0.3, 0.4) is 0 Å². The predicted molar refractivity (Wildman–Crippen MR) is 96.1 cm³/mol. The number of thioether (sulfide) groups is 1. The van der Waals surface area contributed by atoms with Crippen LogP contribution < -0.4 is 4.74 Å². The van der Waals surface area contributed by atoms with Crippen molar-refractivity contribution in [2.45, 2.75) is 17.4 Å². The van der Waals surface area contributed by atoms with E-state index in [2.05, 4.69) is 10.2 Å². The summed E-state index contributed by atoms with van der Waals surface area (Å²) in [5, 5.41) is 9.91. The molecule has 0 atom stereocenters. The maximum Gasteiger partial charge on any atom is 0.276 e. The van der Waals surface area contributed by atoms with Gasteiger partial charge in [0.2, 0.25) is 5.89 Å². The number of aromatic nitrogens is 2. The number of hydrogen-bond donors (Lipinski definition) is 0. The number of rotatable bonds is 6. The number of benzene rings is 2. The highest BCUT2D eigenvalue weighted by atomic mass is 35.5. The Labute approximate surface area is 154 Å². The van der Waals surface area contributed by atoms with Crippen LogP contribution in [0.5, 0.6) is 5.75 Å². The van der Waals surface area contributed by atoms with Gasteiger partial charge in [0.25, 0.3) is 5.22 Å². The monoisotopic (exact) mass is 380 g/mol. The first kappa shape index (κ1) is 17.1. The van der Waals surface area contributed by atoms with E-state index in [1.165, 1.54) is 11.8 Å². The van der Waals surface area contributed by atoms with E-state index >= 15 is 0 Å². The van der Waals surface area contributed by atoms with Crippen LogP contribution in [-0.4, -0.2) is 17.3 Å². The van der Waals surface area contributed by atoms with E-state index in [-0.39, 0.29) is 0 Å². The molecule has 2 aromatic carbocycles. The fourth-order valence-electron chi connectivity index (χ4n) is 2.10. The molecular formula is C17H14Cl2N2O2S. The lowest BCUT2D eigenvalue weighted by molar-refractivity contribution is 0.412. The third kappa shape index (κ3) is 4.44. The van der Waals surface area contributed by atoms with Crippen molar-refractivity contribution in [2.24, 2.45) is 0 Å². The van der Waals surface area contributed by atoms with Crippen LogP contribution in [0.2, 0.25) is 10.0 Å². The first-order valence-electron chi connectivity index (χ1n) is 7.16. The first-order chi connectivity index (χ1) is 11.6. The van der Waals surface area contributed by atoms with Gasteiger partial charge in [0.15, 0.2) is 0 Å². The minimum absolute atomic E-state index is 0.513. The van der Waals surface area contributed by atoms with Crippen molar-refractivity contribution in [1.82, 2.24) is 10.2 Å². The van der Waals surface area contributed by atoms with Gasteiger partial charge in [-0.15, -0.1) is 10.2 Å². The molecule has 0 amide bonds. The molecule has 0 aliphatic heterocycles. The van der Waals surface area contributed by atoms with Crippen molar-refractivity contribution < 1.29 is 9.15 Å². The molecule has 0 N–H and O–H groups in total. The number of nitrogens with zero attached hydrogens (tertiary/aromatic N) is 2. The lowest BCUT2D eigenvalue weighted by atomic mass is 10.1. The zero-order chi connectivity index (χ0) is 16.9. The maximum absolute atomic E-state index is 6.16. The molecule has 0 aliphatic carbocycles. The summed E-state index contributed by atoms with van der Waals surface area (Å²) in [4.78, 5) is 0. The largest absolute Gasteiger partial charge is 0.497 e. The van der Waals surface area contributed by atoms with Crippen LogP contribution in [0.1, 0.15) is 17.0 Å². The van der Waals surface area contributed by atoms with Crippen LogP contribution in [-0.2, 0) is 12.2 Å². The second-order valence-corrected chi connectivity index (χ2v) is 6.78. The quantitative estimate of drug-likeness (QED) is 0.545. The Morgan fingerprint density at radius 3 is 2.79 bits per heavy atom.